The number of hydrogen-bond donors (Lipinski definition) is 1. The number of nitrogens with zero attached hydrogens (tertiary/aromatic N) is 1. The molecule has 2 aliphatic heterocycles. The molecule has 0 spiro atoms. The molecule has 0 aromatic heterocycles. The van der Waals surface area contributed by atoms with Crippen LogP contribution in [0.5, 0.6) is 0 Å². The topological polar surface area (TPSA) is 41.6 Å². The molecule has 3 fully saturated rings. The van der Waals surface area contributed by atoms with Crippen molar-refractivity contribution in [2.45, 2.75) is 50.3 Å². The van der Waals surface area contributed by atoms with Gasteiger partial charge in [0.25, 0.3) is 0 Å². The number of rotatable bonds is 1. The molecular formula is C12H20N2O2. The van der Waals surface area contributed by atoms with Crippen LogP contribution in [0.15, 0.2) is 0 Å². The van der Waals surface area contributed by atoms with Crippen LogP contribution in [0.25, 0.3) is 0 Å². The molecule has 90 valence electrons. The van der Waals surface area contributed by atoms with Crippen LogP contribution in [0.4, 0.5) is 0 Å². The third kappa shape index (κ3) is 1.96. The zero-order valence-electron chi connectivity index (χ0n) is 9.65. The number of nitrogens with one attached hydrogen (secondary N) is 1. The Kier molecular flexibility index (Phi) is 2.86. The Labute approximate surface area is 96.3 Å². The van der Waals surface area contributed by atoms with Crippen molar-refractivity contribution in [2.24, 2.45) is 0 Å². The van der Waals surface area contributed by atoms with E-state index in [1.165, 1.54) is 32.1 Å². The number of morpholine rings is 1. The Hall–Kier alpha value is -0.610. The van der Waals surface area contributed by atoms with Crippen molar-refractivity contribution in [1.82, 2.24) is 10.2 Å². The van der Waals surface area contributed by atoms with Gasteiger partial charge in [0.05, 0.1) is 12.1 Å². The van der Waals surface area contributed by atoms with E-state index in [1.54, 1.807) is 0 Å². The zero-order chi connectivity index (χ0) is 11.0. The number of amides is 1. The molecule has 1 amide bonds. The van der Waals surface area contributed by atoms with E-state index in [9.17, 15) is 4.79 Å². The molecule has 3 aliphatic rings. The second-order valence-corrected chi connectivity index (χ2v) is 5.27. The summed E-state index contributed by atoms with van der Waals surface area (Å²) in [6.07, 6.45) is 7.01. The molecule has 0 aromatic carbocycles. The molecule has 16 heavy (non-hydrogen) atoms. The summed E-state index contributed by atoms with van der Waals surface area (Å²) in [6.45, 7) is 2.25. The highest BCUT2D eigenvalue weighted by Gasteiger charge is 2.40. The highest BCUT2D eigenvalue weighted by molar-refractivity contribution is 5.78. The average molecular weight is 224 g/mol. The monoisotopic (exact) mass is 224 g/mol. The van der Waals surface area contributed by atoms with Gasteiger partial charge in [0.1, 0.15) is 6.61 Å². The fraction of sp³-hybridized carbons (Fsp3) is 0.917. The van der Waals surface area contributed by atoms with Crippen molar-refractivity contribution >= 4 is 5.91 Å². The number of fused-ring (bicyclic) bond motifs is 1. The standard InChI is InChI=1S/C12H20N2O2/c15-12-8-16-11-7-14(6-10(11)13-12)9-4-2-1-3-5-9/h9-11H,1-8H2,(H,13,15)/t10-,11-/m1/s1. The lowest BCUT2D eigenvalue weighted by molar-refractivity contribution is -0.134. The van der Waals surface area contributed by atoms with Gasteiger partial charge in [0.2, 0.25) is 5.91 Å². The van der Waals surface area contributed by atoms with Gasteiger partial charge in [-0.2, -0.15) is 0 Å². The van der Waals surface area contributed by atoms with Gasteiger partial charge in [-0.15, -0.1) is 0 Å². The summed E-state index contributed by atoms with van der Waals surface area (Å²) in [6, 6.07) is 0.975. The summed E-state index contributed by atoms with van der Waals surface area (Å²) >= 11 is 0. The van der Waals surface area contributed by atoms with Gasteiger partial charge in [0.15, 0.2) is 0 Å². The molecular weight excluding hydrogens is 204 g/mol. The maximum Gasteiger partial charge on any atom is 0.246 e. The Bertz CT molecular complexity index is 276. The molecule has 0 bridgehead atoms. The molecule has 2 saturated heterocycles. The maximum absolute atomic E-state index is 11.2. The minimum atomic E-state index is 0.0479. The van der Waals surface area contributed by atoms with E-state index in [0.29, 0.717) is 0 Å². The lowest BCUT2D eigenvalue weighted by atomic mass is 9.94. The second kappa shape index (κ2) is 4.34. The lowest BCUT2D eigenvalue weighted by Crippen LogP contribution is -2.51. The van der Waals surface area contributed by atoms with Gasteiger partial charge in [-0.25, -0.2) is 0 Å². The first-order chi connectivity index (χ1) is 7.83. The second-order valence-electron chi connectivity index (χ2n) is 5.27. The van der Waals surface area contributed by atoms with Crippen molar-refractivity contribution in [3.63, 3.8) is 0 Å². The largest absolute Gasteiger partial charge is 0.365 e. The van der Waals surface area contributed by atoms with Crippen LogP contribution in [0, 0.1) is 0 Å². The fourth-order valence-corrected chi connectivity index (χ4v) is 3.29. The van der Waals surface area contributed by atoms with Gasteiger partial charge < -0.3 is 10.1 Å². The normalized spacial score (nSPS) is 37.1. The highest BCUT2D eigenvalue weighted by Crippen LogP contribution is 2.27. The molecule has 1 N–H and O–H groups in total. The average Bonchev–Trinajstić information content (AvgIpc) is 2.73. The van der Waals surface area contributed by atoms with E-state index in [2.05, 4.69) is 10.2 Å². The van der Waals surface area contributed by atoms with Gasteiger partial charge in [-0.1, -0.05) is 19.3 Å². The van der Waals surface area contributed by atoms with Crippen molar-refractivity contribution in [2.75, 3.05) is 19.7 Å². The predicted octanol–water partition coefficient (Wildman–Crippen LogP) is 0.518. The summed E-state index contributed by atoms with van der Waals surface area (Å²) in [7, 11) is 0. The SMILES string of the molecule is O=C1CO[C@@H]2CN(C3CCCCC3)C[C@H]2N1. The Morgan fingerprint density at radius 2 is 2.00 bits per heavy atom. The molecule has 4 nitrogen and oxygen atoms in total. The van der Waals surface area contributed by atoms with Crippen molar-refractivity contribution in [3.8, 4) is 0 Å². The molecule has 3 rings (SSSR count). The molecule has 0 aromatic rings. The summed E-state index contributed by atoms with van der Waals surface area (Å²) in [5.74, 6) is 0.0479. The van der Waals surface area contributed by atoms with Crippen LogP contribution >= 0.6 is 0 Å². The van der Waals surface area contributed by atoms with Crippen molar-refractivity contribution in [3.05, 3.63) is 0 Å². The van der Waals surface area contributed by atoms with E-state index in [-0.39, 0.29) is 24.7 Å². The smallest absolute Gasteiger partial charge is 0.246 e. The van der Waals surface area contributed by atoms with Crippen LogP contribution in [-0.4, -0.2) is 48.7 Å². The zero-order valence-corrected chi connectivity index (χ0v) is 9.65. The van der Waals surface area contributed by atoms with E-state index >= 15 is 0 Å². The summed E-state index contributed by atoms with van der Waals surface area (Å²) in [4.78, 5) is 13.8. The minimum absolute atomic E-state index is 0.0479. The minimum Gasteiger partial charge on any atom is -0.365 e. The number of ether oxygens (including phenoxy) is 1. The van der Waals surface area contributed by atoms with Crippen LogP contribution in [0.1, 0.15) is 32.1 Å². The first kappa shape index (κ1) is 10.5. The number of carbonyl (C=O) groups excluding carboxylic acids is 1. The molecule has 2 atom stereocenters. The summed E-state index contributed by atoms with van der Waals surface area (Å²) in [5.41, 5.74) is 0. The summed E-state index contributed by atoms with van der Waals surface area (Å²) < 4.78 is 5.58. The Morgan fingerprint density at radius 1 is 1.19 bits per heavy atom. The lowest BCUT2D eigenvalue weighted by Gasteiger charge is -2.30. The van der Waals surface area contributed by atoms with Crippen molar-refractivity contribution < 1.29 is 9.53 Å². The maximum atomic E-state index is 11.2. The van der Waals surface area contributed by atoms with Crippen LogP contribution < -0.4 is 5.32 Å². The molecule has 4 heteroatoms. The first-order valence-electron chi connectivity index (χ1n) is 6.48. The van der Waals surface area contributed by atoms with E-state index in [4.69, 9.17) is 4.74 Å². The third-order valence-corrected chi connectivity index (χ3v) is 4.16. The van der Waals surface area contributed by atoms with E-state index in [0.717, 1.165) is 19.1 Å². The third-order valence-electron chi connectivity index (χ3n) is 4.16. The highest BCUT2D eigenvalue weighted by atomic mass is 16.5. The van der Waals surface area contributed by atoms with Gasteiger partial charge >= 0.3 is 0 Å². The van der Waals surface area contributed by atoms with Crippen LogP contribution in [0.3, 0.4) is 0 Å². The molecule has 0 unspecified atom stereocenters. The number of hydrogen-bond acceptors (Lipinski definition) is 3. The quantitative estimate of drug-likeness (QED) is 0.706. The van der Waals surface area contributed by atoms with Crippen LogP contribution in [-0.2, 0) is 9.53 Å². The number of likely N-dealkylation sites (tertiary alicyclic amines) is 1. The molecule has 1 aliphatic carbocycles. The molecule has 0 radical (unpaired) electrons. The van der Waals surface area contributed by atoms with Crippen molar-refractivity contribution in [1.29, 1.82) is 0 Å². The van der Waals surface area contributed by atoms with Gasteiger partial charge in [-0.05, 0) is 12.8 Å². The number of carbonyl (C=O) groups is 1. The molecule has 1 saturated carbocycles. The Balaban J connectivity index is 1.60. The van der Waals surface area contributed by atoms with Gasteiger partial charge in [-0.3, -0.25) is 9.69 Å². The first-order valence-corrected chi connectivity index (χ1v) is 6.48. The van der Waals surface area contributed by atoms with E-state index in [1.807, 2.05) is 0 Å². The van der Waals surface area contributed by atoms with E-state index < -0.39 is 0 Å². The van der Waals surface area contributed by atoms with Crippen LogP contribution in [0.2, 0.25) is 0 Å². The predicted molar refractivity (Wildman–Crippen MR) is 60.1 cm³/mol. The molecule has 2 heterocycles. The summed E-state index contributed by atoms with van der Waals surface area (Å²) in [5, 5.41) is 3.04. The Morgan fingerprint density at radius 3 is 2.81 bits per heavy atom. The fourth-order valence-electron chi connectivity index (χ4n) is 3.29. The van der Waals surface area contributed by atoms with Gasteiger partial charge in [0, 0.05) is 19.1 Å².